The van der Waals surface area contributed by atoms with E-state index in [4.69, 9.17) is 4.42 Å². The van der Waals surface area contributed by atoms with Crippen molar-refractivity contribution in [3.05, 3.63) is 54.0 Å². The molecule has 1 unspecified atom stereocenters. The minimum absolute atomic E-state index is 0.445. The van der Waals surface area contributed by atoms with Crippen molar-refractivity contribution in [2.45, 2.75) is 19.4 Å². The molecule has 0 amide bonds. The number of benzene rings is 1. The minimum Gasteiger partial charge on any atom is -0.467 e. The van der Waals surface area contributed by atoms with Crippen LogP contribution in [0.2, 0.25) is 0 Å². The van der Waals surface area contributed by atoms with Gasteiger partial charge in [-0.1, -0.05) is 19.1 Å². The minimum atomic E-state index is -0.615. The molecule has 0 saturated carbocycles. The summed E-state index contributed by atoms with van der Waals surface area (Å²) in [4.78, 5) is 0. The second-order valence-electron chi connectivity index (χ2n) is 3.97. The van der Waals surface area contributed by atoms with Gasteiger partial charge in [0.15, 0.2) is 0 Å². The van der Waals surface area contributed by atoms with Crippen LogP contribution in [0.1, 0.15) is 24.4 Å². The van der Waals surface area contributed by atoms with Gasteiger partial charge in [-0.15, -0.1) is 0 Å². The van der Waals surface area contributed by atoms with Gasteiger partial charge in [0.1, 0.15) is 11.9 Å². The molecule has 2 rings (SSSR count). The molecular formula is C14H17NO2. The molecule has 0 saturated heterocycles. The fraction of sp³-hybridized carbons (Fsp3) is 0.286. The lowest BCUT2D eigenvalue weighted by Crippen LogP contribution is -2.11. The zero-order valence-electron chi connectivity index (χ0n) is 9.89. The van der Waals surface area contributed by atoms with Crippen LogP contribution in [0.4, 0.5) is 5.69 Å². The molecule has 3 nitrogen and oxygen atoms in total. The smallest absolute Gasteiger partial charge is 0.134 e. The summed E-state index contributed by atoms with van der Waals surface area (Å²) in [6.07, 6.45) is 1.96. The number of aryl methyl sites for hydroxylation is 1. The van der Waals surface area contributed by atoms with Gasteiger partial charge in [0, 0.05) is 12.2 Å². The third-order valence-electron chi connectivity index (χ3n) is 2.71. The highest BCUT2D eigenvalue weighted by Crippen LogP contribution is 2.16. The second-order valence-corrected chi connectivity index (χ2v) is 3.97. The fourth-order valence-electron chi connectivity index (χ4n) is 1.70. The van der Waals surface area contributed by atoms with Gasteiger partial charge in [0.2, 0.25) is 0 Å². The van der Waals surface area contributed by atoms with Crippen molar-refractivity contribution in [1.82, 2.24) is 0 Å². The van der Waals surface area contributed by atoms with Gasteiger partial charge in [-0.2, -0.15) is 0 Å². The second kappa shape index (κ2) is 5.55. The van der Waals surface area contributed by atoms with E-state index < -0.39 is 6.10 Å². The first-order valence-corrected chi connectivity index (χ1v) is 5.84. The fourth-order valence-corrected chi connectivity index (χ4v) is 1.70. The molecule has 0 bridgehead atoms. The Morgan fingerprint density at radius 1 is 1.29 bits per heavy atom. The van der Waals surface area contributed by atoms with Crippen LogP contribution in [0.25, 0.3) is 0 Å². The van der Waals surface area contributed by atoms with E-state index >= 15 is 0 Å². The van der Waals surface area contributed by atoms with Gasteiger partial charge in [-0.05, 0) is 36.2 Å². The number of furan rings is 1. The number of rotatable bonds is 5. The normalized spacial score (nSPS) is 12.4. The number of hydrogen-bond donors (Lipinski definition) is 2. The zero-order valence-corrected chi connectivity index (χ0v) is 9.89. The van der Waals surface area contributed by atoms with Crippen molar-refractivity contribution >= 4 is 5.69 Å². The van der Waals surface area contributed by atoms with Gasteiger partial charge in [0.25, 0.3) is 0 Å². The lowest BCUT2D eigenvalue weighted by atomic mass is 10.1. The highest BCUT2D eigenvalue weighted by molar-refractivity contribution is 5.45. The van der Waals surface area contributed by atoms with Crippen LogP contribution in [0.3, 0.4) is 0 Å². The van der Waals surface area contributed by atoms with Gasteiger partial charge in [0.05, 0.1) is 6.26 Å². The van der Waals surface area contributed by atoms with E-state index in [-0.39, 0.29) is 0 Å². The van der Waals surface area contributed by atoms with Crippen LogP contribution >= 0.6 is 0 Å². The summed E-state index contributed by atoms with van der Waals surface area (Å²) >= 11 is 0. The Morgan fingerprint density at radius 3 is 2.88 bits per heavy atom. The topological polar surface area (TPSA) is 45.4 Å². The maximum Gasteiger partial charge on any atom is 0.134 e. The molecule has 3 heteroatoms. The first-order valence-electron chi connectivity index (χ1n) is 5.84. The third-order valence-corrected chi connectivity index (χ3v) is 2.71. The number of anilines is 1. The Morgan fingerprint density at radius 2 is 2.18 bits per heavy atom. The summed E-state index contributed by atoms with van der Waals surface area (Å²) in [5.74, 6) is 0.587. The van der Waals surface area contributed by atoms with Crippen molar-refractivity contribution in [1.29, 1.82) is 0 Å². The lowest BCUT2D eigenvalue weighted by molar-refractivity contribution is 0.162. The summed E-state index contributed by atoms with van der Waals surface area (Å²) in [5.41, 5.74) is 2.30. The summed E-state index contributed by atoms with van der Waals surface area (Å²) < 4.78 is 5.14. The van der Waals surface area contributed by atoms with E-state index in [2.05, 4.69) is 24.4 Å². The molecule has 0 spiro atoms. The quantitative estimate of drug-likeness (QED) is 0.831. The van der Waals surface area contributed by atoms with Crippen LogP contribution in [-0.2, 0) is 6.42 Å². The van der Waals surface area contributed by atoms with Crippen LogP contribution in [0.5, 0.6) is 0 Å². The molecule has 0 aliphatic rings. The number of nitrogens with one attached hydrogen (secondary N) is 1. The SMILES string of the molecule is CCc1cccc(NCC(O)c2ccco2)c1. The molecule has 1 heterocycles. The first-order chi connectivity index (χ1) is 8.29. The Hall–Kier alpha value is -1.74. The molecule has 0 aliphatic carbocycles. The molecule has 1 aromatic heterocycles. The zero-order chi connectivity index (χ0) is 12.1. The standard InChI is InChI=1S/C14H17NO2/c1-2-11-5-3-6-12(9-11)15-10-13(16)14-7-4-8-17-14/h3-9,13,15-16H,2,10H2,1H3. The summed E-state index contributed by atoms with van der Waals surface area (Å²) in [7, 11) is 0. The Balaban J connectivity index is 1.93. The van der Waals surface area contributed by atoms with Crippen LogP contribution < -0.4 is 5.32 Å². The molecule has 2 N–H and O–H groups in total. The predicted molar refractivity (Wildman–Crippen MR) is 68.0 cm³/mol. The Bertz CT molecular complexity index is 451. The van der Waals surface area contributed by atoms with Crippen molar-refractivity contribution < 1.29 is 9.52 Å². The molecule has 1 aromatic carbocycles. The largest absolute Gasteiger partial charge is 0.467 e. The molecule has 0 aliphatic heterocycles. The van der Waals surface area contributed by atoms with Gasteiger partial charge < -0.3 is 14.8 Å². The Kier molecular flexibility index (Phi) is 3.83. The van der Waals surface area contributed by atoms with Gasteiger partial charge in [-0.3, -0.25) is 0 Å². The van der Waals surface area contributed by atoms with Gasteiger partial charge >= 0.3 is 0 Å². The summed E-state index contributed by atoms with van der Waals surface area (Å²) in [5, 5.41) is 13.0. The van der Waals surface area contributed by atoms with Crippen LogP contribution in [0, 0.1) is 0 Å². The molecule has 2 aromatic rings. The van der Waals surface area contributed by atoms with E-state index in [0.29, 0.717) is 12.3 Å². The third kappa shape index (κ3) is 3.11. The van der Waals surface area contributed by atoms with Crippen LogP contribution in [-0.4, -0.2) is 11.7 Å². The summed E-state index contributed by atoms with van der Waals surface area (Å²) in [6.45, 7) is 2.57. The maximum atomic E-state index is 9.84. The lowest BCUT2D eigenvalue weighted by Gasteiger charge is -2.11. The first kappa shape index (κ1) is 11.7. The van der Waals surface area contributed by atoms with Crippen molar-refractivity contribution in [3.63, 3.8) is 0 Å². The Labute approximate surface area is 101 Å². The highest BCUT2D eigenvalue weighted by atomic mass is 16.4. The van der Waals surface area contributed by atoms with Crippen molar-refractivity contribution in [2.75, 3.05) is 11.9 Å². The maximum absolute atomic E-state index is 9.84. The number of aliphatic hydroxyl groups excluding tert-OH is 1. The molecule has 0 fully saturated rings. The predicted octanol–water partition coefficient (Wildman–Crippen LogP) is 2.99. The molecular weight excluding hydrogens is 214 g/mol. The van der Waals surface area contributed by atoms with Crippen molar-refractivity contribution in [3.8, 4) is 0 Å². The van der Waals surface area contributed by atoms with Crippen LogP contribution in [0.15, 0.2) is 47.1 Å². The molecule has 0 radical (unpaired) electrons. The van der Waals surface area contributed by atoms with Crippen molar-refractivity contribution in [2.24, 2.45) is 0 Å². The molecule has 90 valence electrons. The van der Waals surface area contributed by atoms with E-state index in [9.17, 15) is 5.11 Å². The highest BCUT2D eigenvalue weighted by Gasteiger charge is 2.09. The average molecular weight is 231 g/mol. The summed E-state index contributed by atoms with van der Waals surface area (Å²) in [6, 6.07) is 11.7. The molecule has 17 heavy (non-hydrogen) atoms. The monoisotopic (exact) mass is 231 g/mol. The van der Waals surface area contributed by atoms with E-state index in [1.165, 1.54) is 5.56 Å². The van der Waals surface area contributed by atoms with E-state index in [1.54, 1.807) is 18.4 Å². The number of hydrogen-bond acceptors (Lipinski definition) is 3. The van der Waals surface area contributed by atoms with Gasteiger partial charge in [-0.25, -0.2) is 0 Å². The van der Waals surface area contributed by atoms with E-state index in [0.717, 1.165) is 12.1 Å². The average Bonchev–Trinajstić information content (AvgIpc) is 2.90. The number of aliphatic hydroxyl groups is 1. The molecule has 1 atom stereocenters. The van der Waals surface area contributed by atoms with E-state index in [1.807, 2.05) is 12.1 Å².